The minimum absolute atomic E-state index is 0.336. The van der Waals surface area contributed by atoms with Gasteiger partial charge < -0.3 is 18.9 Å². The molecular weight excluding hydrogens is 368 g/mol. The van der Waals surface area contributed by atoms with Gasteiger partial charge in [0.1, 0.15) is 5.76 Å². The predicted octanol–water partition coefficient (Wildman–Crippen LogP) is 5.18. The van der Waals surface area contributed by atoms with Crippen molar-refractivity contribution < 1.29 is 23.7 Å². The number of allylic oxidation sites excluding steroid dienone is 2. The Bertz CT molecular complexity index is 1020. The second-order valence-electron chi connectivity index (χ2n) is 7.05. The van der Waals surface area contributed by atoms with Crippen molar-refractivity contribution >= 4 is 23.4 Å². The Labute approximate surface area is 171 Å². The van der Waals surface area contributed by atoms with Gasteiger partial charge in [-0.2, -0.15) is 0 Å². The molecule has 0 heterocycles. The monoisotopic (exact) mass is 394 g/mol. The SMILES string of the molecule is COc1cc(C=C2C(C)=C(OC(C)=O)c3cc(C)c(C)cc32)cc(OC)c1OC. The Morgan fingerprint density at radius 2 is 1.38 bits per heavy atom. The molecule has 0 atom stereocenters. The molecule has 2 aromatic rings. The zero-order chi connectivity index (χ0) is 21.3. The quantitative estimate of drug-likeness (QED) is 0.654. The van der Waals surface area contributed by atoms with Crippen LogP contribution in [0.1, 0.15) is 41.7 Å². The van der Waals surface area contributed by atoms with E-state index < -0.39 is 0 Å². The highest BCUT2D eigenvalue weighted by atomic mass is 16.5. The first-order valence-corrected chi connectivity index (χ1v) is 9.34. The Balaban J connectivity index is 2.23. The van der Waals surface area contributed by atoms with Crippen molar-refractivity contribution in [3.05, 3.63) is 57.7 Å². The maximum absolute atomic E-state index is 11.7. The summed E-state index contributed by atoms with van der Waals surface area (Å²) in [5.41, 5.74) is 7.09. The normalized spacial score (nSPS) is 14.1. The lowest BCUT2D eigenvalue weighted by Gasteiger charge is -2.13. The van der Waals surface area contributed by atoms with E-state index in [0.717, 1.165) is 33.4 Å². The smallest absolute Gasteiger partial charge is 0.308 e. The molecule has 0 saturated carbocycles. The van der Waals surface area contributed by atoms with Crippen LogP contribution in [-0.4, -0.2) is 27.3 Å². The summed E-state index contributed by atoms with van der Waals surface area (Å²) in [6, 6.07) is 8.00. The first-order chi connectivity index (χ1) is 13.8. The van der Waals surface area contributed by atoms with Gasteiger partial charge in [-0.05, 0) is 72.9 Å². The Kier molecular flexibility index (Phi) is 5.69. The van der Waals surface area contributed by atoms with Gasteiger partial charge in [0.2, 0.25) is 5.75 Å². The summed E-state index contributed by atoms with van der Waals surface area (Å²) in [6.45, 7) is 7.51. The zero-order valence-corrected chi connectivity index (χ0v) is 17.9. The van der Waals surface area contributed by atoms with Crippen molar-refractivity contribution in [1.29, 1.82) is 0 Å². The summed E-state index contributed by atoms with van der Waals surface area (Å²) in [5.74, 6) is 1.98. The molecule has 152 valence electrons. The van der Waals surface area contributed by atoms with Crippen LogP contribution in [0.15, 0.2) is 29.8 Å². The van der Waals surface area contributed by atoms with Gasteiger partial charge in [-0.25, -0.2) is 0 Å². The lowest BCUT2D eigenvalue weighted by molar-refractivity contribution is -0.134. The standard InChI is InChI=1S/C24H26O5/c1-13-8-19-18(15(3)23(29-16(4)25)20(19)9-14(13)2)10-17-11-21(26-5)24(28-7)22(12-17)27-6/h8-12H,1-7H3. The van der Waals surface area contributed by atoms with E-state index in [4.69, 9.17) is 18.9 Å². The summed E-state index contributed by atoms with van der Waals surface area (Å²) < 4.78 is 21.9. The zero-order valence-electron chi connectivity index (χ0n) is 17.9. The van der Waals surface area contributed by atoms with Gasteiger partial charge in [-0.15, -0.1) is 0 Å². The topological polar surface area (TPSA) is 54.0 Å². The summed E-state index contributed by atoms with van der Waals surface area (Å²) in [4.78, 5) is 11.7. The number of carbonyl (C=O) groups excluding carboxylic acids is 1. The number of hydrogen-bond donors (Lipinski definition) is 0. The molecule has 1 aliphatic rings. The second-order valence-corrected chi connectivity index (χ2v) is 7.05. The molecule has 5 heteroatoms. The molecule has 0 saturated heterocycles. The van der Waals surface area contributed by atoms with E-state index in [-0.39, 0.29) is 5.97 Å². The molecule has 0 fully saturated rings. The number of rotatable bonds is 5. The van der Waals surface area contributed by atoms with Crippen molar-refractivity contribution in [1.82, 2.24) is 0 Å². The Morgan fingerprint density at radius 1 is 0.828 bits per heavy atom. The Morgan fingerprint density at radius 3 is 1.86 bits per heavy atom. The average Bonchev–Trinajstić information content (AvgIpc) is 2.92. The van der Waals surface area contributed by atoms with E-state index in [9.17, 15) is 4.79 Å². The molecule has 0 aliphatic heterocycles. The first kappa shape index (κ1) is 20.5. The van der Waals surface area contributed by atoms with Crippen LogP contribution in [0.5, 0.6) is 17.2 Å². The molecule has 1 aliphatic carbocycles. The van der Waals surface area contributed by atoms with E-state index in [0.29, 0.717) is 23.0 Å². The highest BCUT2D eigenvalue weighted by Crippen LogP contribution is 2.45. The highest BCUT2D eigenvalue weighted by Gasteiger charge is 2.27. The fourth-order valence-corrected chi connectivity index (χ4v) is 3.57. The van der Waals surface area contributed by atoms with Gasteiger partial charge >= 0.3 is 5.97 Å². The molecule has 5 nitrogen and oxygen atoms in total. The van der Waals surface area contributed by atoms with Crippen molar-refractivity contribution in [2.24, 2.45) is 0 Å². The molecule has 0 bridgehead atoms. The van der Waals surface area contributed by atoms with Crippen LogP contribution in [0.3, 0.4) is 0 Å². The number of methoxy groups -OCH3 is 3. The van der Waals surface area contributed by atoms with Crippen LogP contribution in [0.2, 0.25) is 0 Å². The Hall–Kier alpha value is -3.21. The molecule has 0 spiro atoms. The van der Waals surface area contributed by atoms with Gasteiger partial charge in [0.25, 0.3) is 0 Å². The van der Waals surface area contributed by atoms with Crippen LogP contribution in [0, 0.1) is 13.8 Å². The number of hydrogen-bond acceptors (Lipinski definition) is 5. The largest absolute Gasteiger partial charge is 0.493 e. The van der Waals surface area contributed by atoms with E-state index >= 15 is 0 Å². The fraction of sp³-hybridized carbons (Fsp3) is 0.292. The van der Waals surface area contributed by atoms with E-state index in [2.05, 4.69) is 26.0 Å². The predicted molar refractivity (Wildman–Crippen MR) is 114 cm³/mol. The average molecular weight is 394 g/mol. The molecule has 0 N–H and O–H groups in total. The third-order valence-corrected chi connectivity index (χ3v) is 5.16. The summed E-state index contributed by atoms with van der Waals surface area (Å²) >= 11 is 0. The van der Waals surface area contributed by atoms with Crippen LogP contribution < -0.4 is 14.2 Å². The van der Waals surface area contributed by atoms with E-state index in [1.165, 1.54) is 12.5 Å². The number of esters is 1. The van der Waals surface area contributed by atoms with Crippen molar-refractivity contribution in [3.63, 3.8) is 0 Å². The van der Waals surface area contributed by atoms with Crippen LogP contribution >= 0.6 is 0 Å². The van der Waals surface area contributed by atoms with Gasteiger partial charge in [-0.1, -0.05) is 6.07 Å². The van der Waals surface area contributed by atoms with Gasteiger partial charge in [0.05, 0.1) is 21.3 Å². The minimum atomic E-state index is -0.336. The number of carbonyl (C=O) groups is 1. The number of ether oxygens (including phenoxy) is 4. The van der Waals surface area contributed by atoms with Crippen molar-refractivity contribution in [2.75, 3.05) is 21.3 Å². The van der Waals surface area contributed by atoms with E-state index in [1.54, 1.807) is 21.3 Å². The lowest BCUT2D eigenvalue weighted by Crippen LogP contribution is -1.98. The van der Waals surface area contributed by atoms with Gasteiger partial charge in [0.15, 0.2) is 11.5 Å². The first-order valence-electron chi connectivity index (χ1n) is 9.34. The summed E-state index contributed by atoms with van der Waals surface area (Å²) in [5, 5.41) is 0. The summed E-state index contributed by atoms with van der Waals surface area (Å²) in [6.07, 6.45) is 2.05. The molecule has 0 unspecified atom stereocenters. The van der Waals surface area contributed by atoms with Gasteiger partial charge in [0, 0.05) is 18.1 Å². The molecule has 29 heavy (non-hydrogen) atoms. The van der Waals surface area contributed by atoms with Crippen LogP contribution in [0.25, 0.3) is 17.4 Å². The van der Waals surface area contributed by atoms with Crippen LogP contribution in [0.4, 0.5) is 0 Å². The minimum Gasteiger partial charge on any atom is -0.493 e. The second kappa shape index (κ2) is 8.03. The maximum atomic E-state index is 11.7. The van der Waals surface area contributed by atoms with Gasteiger partial charge in [-0.3, -0.25) is 4.79 Å². The third-order valence-electron chi connectivity index (χ3n) is 5.16. The molecule has 3 rings (SSSR count). The maximum Gasteiger partial charge on any atom is 0.308 e. The highest BCUT2D eigenvalue weighted by molar-refractivity contribution is 6.05. The number of benzene rings is 2. The van der Waals surface area contributed by atoms with Crippen molar-refractivity contribution in [3.8, 4) is 17.2 Å². The molecular formula is C24H26O5. The van der Waals surface area contributed by atoms with E-state index in [1.807, 2.05) is 25.1 Å². The molecule has 0 amide bonds. The molecule has 2 aromatic carbocycles. The lowest BCUT2D eigenvalue weighted by atomic mass is 9.96. The number of fused-ring (bicyclic) bond motifs is 1. The number of aryl methyl sites for hydroxylation is 2. The summed E-state index contributed by atoms with van der Waals surface area (Å²) in [7, 11) is 4.76. The van der Waals surface area contributed by atoms with Crippen LogP contribution in [-0.2, 0) is 9.53 Å². The molecule has 0 radical (unpaired) electrons. The third kappa shape index (κ3) is 3.73. The molecule has 0 aromatic heterocycles. The van der Waals surface area contributed by atoms with Crippen molar-refractivity contribution in [2.45, 2.75) is 27.7 Å². The fourth-order valence-electron chi connectivity index (χ4n) is 3.57.